The molecule has 3 heterocycles. The number of carboxylic acids is 1. The molecule has 4 fully saturated rings. The van der Waals surface area contributed by atoms with E-state index in [0.29, 0.717) is 37.5 Å². The molecule has 3 saturated carbocycles. The predicted octanol–water partition coefficient (Wildman–Crippen LogP) is 8.01. The third-order valence-electron chi connectivity index (χ3n) is 17.0. The maximum Gasteiger partial charge on any atom is 0.307 e. The summed E-state index contributed by atoms with van der Waals surface area (Å²) in [5.74, 6) is 0.834. The Labute approximate surface area is 317 Å². The zero-order valence-electron chi connectivity index (χ0n) is 34.3. The lowest BCUT2D eigenvalue weighted by atomic mass is 9.34. The minimum Gasteiger partial charge on any atom is -0.481 e. The first-order valence-electron chi connectivity index (χ1n) is 20.3. The molecule has 1 aliphatic heterocycles. The molecule has 292 valence electrons. The number of hydrogen-bond donors (Lipinski definition) is 2. The van der Waals surface area contributed by atoms with Crippen molar-refractivity contribution in [3.8, 4) is 11.5 Å². The van der Waals surface area contributed by atoms with E-state index in [4.69, 9.17) is 25.3 Å². The second-order valence-corrected chi connectivity index (χ2v) is 20.7. The minimum absolute atomic E-state index is 0.136. The van der Waals surface area contributed by atoms with Gasteiger partial charge < -0.3 is 20.3 Å². The van der Waals surface area contributed by atoms with E-state index in [1.165, 1.54) is 5.57 Å². The molecule has 10 heteroatoms. The molecule has 0 amide bonds. The van der Waals surface area contributed by atoms with Crippen molar-refractivity contribution in [2.24, 2.45) is 67.8 Å². The van der Waals surface area contributed by atoms with Gasteiger partial charge in [-0.25, -0.2) is 19.6 Å². The van der Waals surface area contributed by atoms with Crippen molar-refractivity contribution in [1.29, 1.82) is 0 Å². The van der Waals surface area contributed by atoms with Gasteiger partial charge in [0.15, 0.2) is 5.82 Å². The molecule has 2 bridgehead atoms. The molecule has 4 aliphatic carbocycles. The first kappa shape index (κ1) is 38.6. The summed E-state index contributed by atoms with van der Waals surface area (Å²) < 4.78 is 16.3. The zero-order valence-corrected chi connectivity index (χ0v) is 34.3. The van der Waals surface area contributed by atoms with Gasteiger partial charge in [0.05, 0.1) is 37.9 Å². The average Bonchev–Trinajstić information content (AvgIpc) is 3.57. The fourth-order valence-electron chi connectivity index (χ4n) is 12.7. The maximum atomic E-state index is 13.6. The Balaban J connectivity index is 1.41. The number of aliphatic carboxylic acids is 1. The number of rotatable bonds is 8. The van der Waals surface area contributed by atoms with Crippen molar-refractivity contribution in [2.45, 2.75) is 132 Å². The summed E-state index contributed by atoms with van der Waals surface area (Å²) in [6, 6.07) is 1.73. The number of nitrogens with zero attached hydrogens (tertiary/aromatic N) is 5. The molecule has 0 unspecified atom stereocenters. The van der Waals surface area contributed by atoms with Crippen LogP contribution in [-0.2, 0) is 14.3 Å². The van der Waals surface area contributed by atoms with Gasteiger partial charge in [0.25, 0.3) is 0 Å². The summed E-state index contributed by atoms with van der Waals surface area (Å²) in [6.07, 6.45) is 12.7. The standard InChI is InChI=1S/C43H66N6O4/c1-26(2)27(3)39(8)17-18-40(9)28-12-13-32-38(7)20-31(49-35(47-25-48-49)30-15-19-45-24-46-30)34(53-22-42(11,44)37(4,5)6)43(32,23-52-21-38)29(28)14-16-41(40,10)33(39)36(50)51/h14-15,19,24-28,31-34H,12-13,16-18,20-23,44H2,1-11H3,(H,50,51)/t27-,28+,31-,32-,33-,34+,38-,39-,40-,41+,42+,43+/m1/s1. The fraction of sp³-hybridized carbons (Fsp3) is 0.791. The van der Waals surface area contributed by atoms with E-state index in [1.807, 2.05) is 6.07 Å². The van der Waals surface area contributed by atoms with Crippen molar-refractivity contribution in [1.82, 2.24) is 24.7 Å². The van der Waals surface area contributed by atoms with E-state index in [-0.39, 0.29) is 45.6 Å². The third-order valence-corrected chi connectivity index (χ3v) is 17.0. The largest absolute Gasteiger partial charge is 0.481 e. The molecule has 1 saturated heterocycles. The van der Waals surface area contributed by atoms with Crippen LogP contribution in [0.5, 0.6) is 0 Å². The quantitative estimate of drug-likeness (QED) is 0.259. The molecule has 2 aromatic heterocycles. The monoisotopic (exact) mass is 731 g/mol. The molecule has 0 spiro atoms. The molecule has 12 atom stereocenters. The van der Waals surface area contributed by atoms with Gasteiger partial charge in [0.1, 0.15) is 18.3 Å². The fourth-order valence-corrected chi connectivity index (χ4v) is 12.7. The van der Waals surface area contributed by atoms with Crippen molar-refractivity contribution in [3.63, 3.8) is 0 Å². The smallest absolute Gasteiger partial charge is 0.307 e. The zero-order chi connectivity index (χ0) is 38.6. The molecular formula is C43H66N6O4. The summed E-state index contributed by atoms with van der Waals surface area (Å²) >= 11 is 0. The van der Waals surface area contributed by atoms with Crippen LogP contribution in [0.1, 0.15) is 121 Å². The summed E-state index contributed by atoms with van der Waals surface area (Å²) in [6.45, 7) is 26.5. The number of carboxylic acid groups (broad SMARTS) is 1. The third kappa shape index (κ3) is 5.45. The van der Waals surface area contributed by atoms with E-state index < -0.39 is 28.3 Å². The molecule has 53 heavy (non-hydrogen) atoms. The molecule has 0 aromatic carbocycles. The van der Waals surface area contributed by atoms with Crippen molar-refractivity contribution >= 4 is 5.97 Å². The Hall–Kier alpha value is -2.69. The second-order valence-electron chi connectivity index (χ2n) is 20.7. The maximum absolute atomic E-state index is 13.6. The summed E-state index contributed by atoms with van der Waals surface area (Å²) in [7, 11) is 0. The topological polar surface area (TPSA) is 138 Å². The van der Waals surface area contributed by atoms with Gasteiger partial charge in [-0.2, -0.15) is 5.10 Å². The molecule has 2 aromatic rings. The lowest BCUT2D eigenvalue weighted by Crippen LogP contribution is -2.70. The van der Waals surface area contributed by atoms with Crippen molar-refractivity contribution in [2.75, 3.05) is 19.8 Å². The number of fused-ring (bicyclic) bond motifs is 3. The second kappa shape index (κ2) is 12.7. The molecule has 3 N–H and O–H groups in total. The number of carbonyl (C=O) groups is 1. The normalized spacial score (nSPS) is 41.4. The Bertz CT molecular complexity index is 1730. The Morgan fingerprint density at radius 3 is 2.43 bits per heavy atom. The van der Waals surface area contributed by atoms with Gasteiger partial charge in [-0.1, -0.05) is 80.9 Å². The molecule has 5 aliphatic rings. The Kier molecular flexibility index (Phi) is 9.22. The van der Waals surface area contributed by atoms with Gasteiger partial charge >= 0.3 is 5.97 Å². The van der Waals surface area contributed by atoms with E-state index in [9.17, 15) is 9.90 Å². The highest BCUT2D eigenvalue weighted by Gasteiger charge is 2.73. The predicted molar refractivity (Wildman–Crippen MR) is 205 cm³/mol. The van der Waals surface area contributed by atoms with Gasteiger partial charge in [0.2, 0.25) is 0 Å². The van der Waals surface area contributed by atoms with E-state index in [2.05, 4.69) is 96.9 Å². The number of nitrogens with two attached hydrogens (primary N) is 1. The van der Waals surface area contributed by atoms with Crippen molar-refractivity contribution < 1.29 is 19.4 Å². The van der Waals surface area contributed by atoms with Crippen LogP contribution in [0.3, 0.4) is 0 Å². The number of aromatic nitrogens is 5. The first-order chi connectivity index (χ1) is 24.7. The Morgan fingerprint density at radius 1 is 1.06 bits per heavy atom. The van der Waals surface area contributed by atoms with E-state index in [1.54, 1.807) is 18.9 Å². The van der Waals surface area contributed by atoms with Crippen LogP contribution in [0.4, 0.5) is 0 Å². The molecule has 10 nitrogen and oxygen atoms in total. The lowest BCUT2D eigenvalue weighted by Gasteiger charge is -2.71. The summed E-state index contributed by atoms with van der Waals surface area (Å²) in [5.41, 5.74) is 6.95. The summed E-state index contributed by atoms with van der Waals surface area (Å²) in [4.78, 5) is 27.2. The van der Waals surface area contributed by atoms with Crippen LogP contribution in [-0.4, -0.2) is 67.3 Å². The van der Waals surface area contributed by atoms with Crippen LogP contribution < -0.4 is 5.73 Å². The van der Waals surface area contributed by atoms with Crippen LogP contribution in [0.2, 0.25) is 0 Å². The summed E-state index contributed by atoms with van der Waals surface area (Å²) in [5, 5.41) is 16.1. The number of hydrogen-bond acceptors (Lipinski definition) is 8. The van der Waals surface area contributed by atoms with Gasteiger partial charge in [0, 0.05) is 17.2 Å². The Morgan fingerprint density at radius 2 is 1.79 bits per heavy atom. The first-order valence-corrected chi connectivity index (χ1v) is 20.3. The molecule has 0 radical (unpaired) electrons. The lowest BCUT2D eigenvalue weighted by molar-refractivity contribution is -0.255. The minimum atomic E-state index is -0.641. The number of ether oxygens (including phenoxy) is 2. The number of allylic oxidation sites excluding steroid dienone is 1. The van der Waals surface area contributed by atoms with E-state index >= 15 is 0 Å². The van der Waals surface area contributed by atoms with Crippen LogP contribution in [0.25, 0.3) is 11.5 Å². The van der Waals surface area contributed by atoms with Crippen LogP contribution in [0.15, 0.2) is 36.6 Å². The average molecular weight is 731 g/mol. The van der Waals surface area contributed by atoms with Gasteiger partial charge in [-0.05, 0) is 102 Å². The van der Waals surface area contributed by atoms with E-state index in [0.717, 1.165) is 44.2 Å². The highest BCUT2D eigenvalue weighted by molar-refractivity contribution is 5.73. The SMILES string of the molecule is CC(C)[C@@H](C)[C@@]1(C)CC[C@]2(C)[C@H]3CC[C@@H]4[C@@]5(C)COC[C@@]4(C3=CC[C@@]2(C)[C@@H]1C(=O)O)[C@@H](OC[C@](C)(N)C(C)(C)C)[C@H](n1ncnc1-c1ccncn1)C5. The van der Waals surface area contributed by atoms with Crippen molar-refractivity contribution in [3.05, 3.63) is 36.6 Å². The molecule has 7 rings (SSSR count). The highest BCUT2D eigenvalue weighted by Crippen LogP contribution is 2.75. The van der Waals surface area contributed by atoms with Crippen LogP contribution >= 0.6 is 0 Å². The van der Waals surface area contributed by atoms with Crippen LogP contribution in [0, 0.1) is 62.1 Å². The highest BCUT2D eigenvalue weighted by atomic mass is 16.5. The van der Waals surface area contributed by atoms with Gasteiger partial charge in [-0.15, -0.1) is 0 Å². The van der Waals surface area contributed by atoms with Gasteiger partial charge in [-0.3, -0.25) is 4.79 Å². The molecular weight excluding hydrogens is 665 g/mol.